The molecular formula is C19H12ClN3O. The van der Waals surface area contributed by atoms with E-state index in [9.17, 15) is 15.6 Å². The number of fused-ring (bicyclic) bond motifs is 1. The Balaban J connectivity index is 2.33. The van der Waals surface area contributed by atoms with Crippen LogP contribution >= 0.6 is 11.6 Å². The van der Waals surface area contributed by atoms with Gasteiger partial charge in [-0.1, -0.05) is 24.2 Å². The molecule has 0 saturated heterocycles. The van der Waals surface area contributed by atoms with Gasteiger partial charge in [-0.15, -0.1) is 0 Å². The summed E-state index contributed by atoms with van der Waals surface area (Å²) < 4.78 is 1.83. The van der Waals surface area contributed by atoms with Gasteiger partial charge in [0, 0.05) is 11.8 Å². The summed E-state index contributed by atoms with van der Waals surface area (Å²) in [5.74, 6) is -0.158. The van der Waals surface area contributed by atoms with E-state index in [2.05, 4.69) is 18.7 Å². The topological polar surface area (TPSA) is 72.2 Å². The number of rotatable bonds is 2. The van der Waals surface area contributed by atoms with Crippen molar-refractivity contribution in [3.8, 4) is 23.4 Å². The van der Waals surface area contributed by atoms with Crippen LogP contribution in [0.4, 0.5) is 0 Å². The molecule has 2 heterocycles. The standard InChI is InChI=1S/C19H12ClN3O/c1-11-5-6-23-17(8-15(10-22)19(23)18(11)20)13-3-4-16(12(2)24)14(7-13)9-21/h3-8,24H,2H2,1H3. The molecule has 0 fully saturated rings. The summed E-state index contributed by atoms with van der Waals surface area (Å²) >= 11 is 6.37. The van der Waals surface area contributed by atoms with Crippen molar-refractivity contribution in [3.05, 3.63) is 70.4 Å². The maximum Gasteiger partial charge on any atom is 0.116 e. The van der Waals surface area contributed by atoms with E-state index in [1.165, 1.54) is 0 Å². The monoisotopic (exact) mass is 333 g/mol. The SMILES string of the molecule is C=C(O)c1ccc(-c2cc(C#N)c3c(Cl)c(C)ccn23)cc1C#N. The van der Waals surface area contributed by atoms with E-state index in [1.54, 1.807) is 24.3 Å². The summed E-state index contributed by atoms with van der Waals surface area (Å²) in [5.41, 5.74) is 4.18. The highest BCUT2D eigenvalue weighted by Crippen LogP contribution is 2.33. The van der Waals surface area contributed by atoms with E-state index in [0.29, 0.717) is 27.2 Å². The summed E-state index contributed by atoms with van der Waals surface area (Å²) in [6.45, 7) is 5.34. The molecule has 24 heavy (non-hydrogen) atoms. The van der Waals surface area contributed by atoms with Crippen LogP contribution in [0.3, 0.4) is 0 Å². The third-order valence-electron chi connectivity index (χ3n) is 3.93. The molecule has 0 atom stereocenters. The van der Waals surface area contributed by atoms with Gasteiger partial charge in [0.15, 0.2) is 0 Å². The number of aliphatic hydroxyl groups excluding tert-OH is 1. The lowest BCUT2D eigenvalue weighted by atomic mass is 10.0. The fourth-order valence-electron chi connectivity index (χ4n) is 2.71. The van der Waals surface area contributed by atoms with Gasteiger partial charge >= 0.3 is 0 Å². The van der Waals surface area contributed by atoms with Crippen molar-refractivity contribution < 1.29 is 5.11 Å². The van der Waals surface area contributed by atoms with Gasteiger partial charge < -0.3 is 9.51 Å². The van der Waals surface area contributed by atoms with Gasteiger partial charge in [-0.05, 0) is 42.3 Å². The molecule has 0 aliphatic rings. The average molecular weight is 334 g/mol. The minimum absolute atomic E-state index is 0.158. The summed E-state index contributed by atoms with van der Waals surface area (Å²) in [6, 6.07) is 12.9. The van der Waals surface area contributed by atoms with Gasteiger partial charge in [-0.3, -0.25) is 0 Å². The molecule has 116 valence electrons. The van der Waals surface area contributed by atoms with Crippen LogP contribution in [0.25, 0.3) is 22.5 Å². The first-order valence-electron chi connectivity index (χ1n) is 7.11. The minimum atomic E-state index is -0.158. The van der Waals surface area contributed by atoms with E-state index in [1.807, 2.05) is 23.6 Å². The van der Waals surface area contributed by atoms with Crippen LogP contribution in [0.1, 0.15) is 22.3 Å². The lowest BCUT2D eigenvalue weighted by Gasteiger charge is -2.08. The Bertz CT molecular complexity index is 1080. The Morgan fingerprint density at radius 1 is 1.17 bits per heavy atom. The number of aliphatic hydroxyl groups is 1. The predicted octanol–water partition coefficient (Wildman–Crippen LogP) is 4.84. The Kier molecular flexibility index (Phi) is 3.77. The third-order valence-corrected chi connectivity index (χ3v) is 4.41. The van der Waals surface area contributed by atoms with Crippen molar-refractivity contribution in [1.29, 1.82) is 10.5 Å². The van der Waals surface area contributed by atoms with Gasteiger partial charge in [0.05, 0.1) is 33.4 Å². The van der Waals surface area contributed by atoms with Gasteiger partial charge in [-0.25, -0.2) is 0 Å². The van der Waals surface area contributed by atoms with E-state index in [0.717, 1.165) is 16.8 Å². The zero-order chi connectivity index (χ0) is 17.4. The molecule has 4 nitrogen and oxygen atoms in total. The second-order valence-corrected chi connectivity index (χ2v) is 5.78. The summed E-state index contributed by atoms with van der Waals surface area (Å²) in [4.78, 5) is 0. The van der Waals surface area contributed by atoms with E-state index < -0.39 is 0 Å². The van der Waals surface area contributed by atoms with E-state index in [-0.39, 0.29) is 5.76 Å². The summed E-state index contributed by atoms with van der Waals surface area (Å²) in [6.07, 6.45) is 1.84. The summed E-state index contributed by atoms with van der Waals surface area (Å²) in [7, 11) is 0. The largest absolute Gasteiger partial charge is 0.508 e. The van der Waals surface area contributed by atoms with Crippen LogP contribution in [0.15, 0.2) is 43.1 Å². The first-order chi connectivity index (χ1) is 11.5. The number of nitriles is 2. The number of aryl methyl sites for hydroxylation is 1. The molecule has 2 aromatic heterocycles. The van der Waals surface area contributed by atoms with Crippen molar-refractivity contribution in [2.75, 3.05) is 0 Å². The molecule has 0 aliphatic carbocycles. The second-order valence-electron chi connectivity index (χ2n) is 5.41. The normalized spacial score (nSPS) is 10.3. The molecule has 0 radical (unpaired) electrons. The number of benzene rings is 1. The van der Waals surface area contributed by atoms with Crippen LogP contribution in [0, 0.1) is 29.6 Å². The molecule has 0 unspecified atom stereocenters. The molecule has 3 aromatic rings. The van der Waals surface area contributed by atoms with Crippen molar-refractivity contribution >= 4 is 22.9 Å². The van der Waals surface area contributed by atoms with E-state index in [4.69, 9.17) is 11.6 Å². The molecule has 0 spiro atoms. The predicted molar refractivity (Wildman–Crippen MR) is 93.7 cm³/mol. The van der Waals surface area contributed by atoms with Gasteiger partial charge in [0.1, 0.15) is 11.8 Å². The second kappa shape index (κ2) is 5.77. The molecular weight excluding hydrogens is 322 g/mol. The summed E-state index contributed by atoms with van der Waals surface area (Å²) in [5, 5.41) is 28.8. The average Bonchev–Trinajstić information content (AvgIpc) is 2.96. The number of pyridine rings is 1. The molecule has 1 aromatic carbocycles. The van der Waals surface area contributed by atoms with Crippen molar-refractivity contribution in [3.63, 3.8) is 0 Å². The highest BCUT2D eigenvalue weighted by molar-refractivity contribution is 6.35. The van der Waals surface area contributed by atoms with Gasteiger partial charge in [0.2, 0.25) is 0 Å². The quantitative estimate of drug-likeness (QED) is 0.682. The Hall–Kier alpha value is -3.21. The zero-order valence-electron chi connectivity index (χ0n) is 12.8. The van der Waals surface area contributed by atoms with Crippen LogP contribution in [-0.4, -0.2) is 9.51 Å². The Morgan fingerprint density at radius 3 is 2.50 bits per heavy atom. The molecule has 0 bridgehead atoms. The number of halogens is 1. The van der Waals surface area contributed by atoms with Gasteiger partial charge in [-0.2, -0.15) is 10.5 Å². The number of nitrogens with zero attached hydrogens (tertiary/aromatic N) is 3. The maximum atomic E-state index is 9.57. The fourth-order valence-corrected chi connectivity index (χ4v) is 2.96. The molecule has 5 heteroatoms. The highest BCUT2D eigenvalue weighted by Gasteiger charge is 2.16. The molecule has 3 rings (SSSR count). The number of hydrogen-bond acceptors (Lipinski definition) is 3. The van der Waals surface area contributed by atoms with E-state index >= 15 is 0 Å². The van der Waals surface area contributed by atoms with Gasteiger partial charge in [0.25, 0.3) is 0 Å². The lowest BCUT2D eigenvalue weighted by molar-refractivity contribution is 0.513. The third kappa shape index (κ3) is 2.31. The van der Waals surface area contributed by atoms with Crippen LogP contribution in [0.5, 0.6) is 0 Å². The Morgan fingerprint density at radius 2 is 1.88 bits per heavy atom. The van der Waals surface area contributed by atoms with Crippen molar-refractivity contribution in [2.45, 2.75) is 6.92 Å². The van der Waals surface area contributed by atoms with Crippen LogP contribution < -0.4 is 0 Å². The van der Waals surface area contributed by atoms with Crippen LogP contribution in [0.2, 0.25) is 5.02 Å². The van der Waals surface area contributed by atoms with Crippen LogP contribution in [-0.2, 0) is 0 Å². The minimum Gasteiger partial charge on any atom is -0.508 e. The maximum absolute atomic E-state index is 9.57. The lowest BCUT2D eigenvalue weighted by Crippen LogP contribution is -1.93. The molecule has 0 aliphatic heterocycles. The Labute approximate surface area is 144 Å². The fraction of sp³-hybridized carbons (Fsp3) is 0.0526. The first kappa shape index (κ1) is 15.7. The smallest absolute Gasteiger partial charge is 0.116 e. The molecule has 1 N–H and O–H groups in total. The molecule has 0 saturated carbocycles. The number of aromatic nitrogens is 1. The first-order valence-corrected chi connectivity index (χ1v) is 7.48. The zero-order valence-corrected chi connectivity index (χ0v) is 13.6. The van der Waals surface area contributed by atoms with Crippen molar-refractivity contribution in [1.82, 2.24) is 4.40 Å². The van der Waals surface area contributed by atoms with Crippen molar-refractivity contribution in [2.24, 2.45) is 0 Å². The molecule has 0 amide bonds. The number of hydrogen-bond donors (Lipinski definition) is 1. The highest BCUT2D eigenvalue weighted by atomic mass is 35.5.